The number of carbonyl (C=O) groups is 1. The highest BCUT2D eigenvalue weighted by molar-refractivity contribution is 5.75. The van der Waals surface area contributed by atoms with E-state index in [1.807, 2.05) is 6.92 Å². The second-order valence-electron chi connectivity index (χ2n) is 4.12. The summed E-state index contributed by atoms with van der Waals surface area (Å²) in [5.41, 5.74) is 5.55. The molecule has 1 aliphatic rings. The lowest BCUT2D eigenvalue weighted by atomic mass is 9.85. The van der Waals surface area contributed by atoms with Crippen LogP contribution >= 0.6 is 0 Å². The molecule has 1 amide bonds. The number of rotatable bonds is 5. The number of nitrogens with two attached hydrogens (primary N) is 1. The van der Waals surface area contributed by atoms with Gasteiger partial charge in [0.05, 0.1) is 0 Å². The van der Waals surface area contributed by atoms with Crippen molar-refractivity contribution in [2.24, 2.45) is 11.7 Å². The van der Waals surface area contributed by atoms with Crippen LogP contribution < -0.4 is 11.1 Å². The first kappa shape index (κ1) is 10.5. The Morgan fingerprint density at radius 3 is 2.77 bits per heavy atom. The third-order valence-corrected chi connectivity index (χ3v) is 2.64. The Bertz CT molecular complexity index is 164. The molecule has 0 radical (unpaired) electrons. The van der Waals surface area contributed by atoms with Crippen molar-refractivity contribution < 1.29 is 4.79 Å². The molecular weight excluding hydrogens is 164 g/mol. The summed E-state index contributed by atoms with van der Waals surface area (Å²) in [6.07, 6.45) is 5.27. The number of carbonyl (C=O) groups excluding carboxylic acids is 1. The molecule has 1 saturated carbocycles. The molecule has 3 nitrogen and oxygen atoms in total. The quantitative estimate of drug-likeness (QED) is 0.670. The van der Waals surface area contributed by atoms with Gasteiger partial charge in [-0.25, -0.2) is 0 Å². The molecule has 0 aromatic rings. The predicted molar refractivity (Wildman–Crippen MR) is 53.2 cm³/mol. The molecular formula is C10H20N2O. The second-order valence-corrected chi connectivity index (χ2v) is 4.12. The summed E-state index contributed by atoms with van der Waals surface area (Å²) in [4.78, 5) is 11.2. The summed E-state index contributed by atoms with van der Waals surface area (Å²) in [6, 6.07) is 0.134. The van der Waals surface area contributed by atoms with Gasteiger partial charge in [-0.15, -0.1) is 0 Å². The summed E-state index contributed by atoms with van der Waals surface area (Å²) < 4.78 is 0. The van der Waals surface area contributed by atoms with Gasteiger partial charge in [0.2, 0.25) is 5.91 Å². The SMILES string of the molecule is CC(N)CCC(=O)NCC1CCC1. The lowest BCUT2D eigenvalue weighted by molar-refractivity contribution is -0.121. The zero-order valence-electron chi connectivity index (χ0n) is 8.38. The van der Waals surface area contributed by atoms with E-state index in [2.05, 4.69) is 5.32 Å². The molecule has 0 aromatic carbocycles. The summed E-state index contributed by atoms with van der Waals surface area (Å²) in [5, 5.41) is 2.95. The molecule has 0 spiro atoms. The van der Waals surface area contributed by atoms with Crippen LogP contribution in [0.4, 0.5) is 0 Å². The van der Waals surface area contributed by atoms with Crippen molar-refractivity contribution in [1.82, 2.24) is 5.32 Å². The Hall–Kier alpha value is -0.570. The van der Waals surface area contributed by atoms with Crippen molar-refractivity contribution in [3.8, 4) is 0 Å². The van der Waals surface area contributed by atoms with Gasteiger partial charge in [0.1, 0.15) is 0 Å². The van der Waals surface area contributed by atoms with Crippen molar-refractivity contribution in [1.29, 1.82) is 0 Å². The minimum atomic E-state index is 0.134. The van der Waals surface area contributed by atoms with Crippen LogP contribution in [0, 0.1) is 5.92 Å². The summed E-state index contributed by atoms with van der Waals surface area (Å²) >= 11 is 0. The topological polar surface area (TPSA) is 55.1 Å². The molecule has 0 saturated heterocycles. The van der Waals surface area contributed by atoms with Crippen LogP contribution in [0.2, 0.25) is 0 Å². The van der Waals surface area contributed by atoms with Crippen molar-refractivity contribution in [3.63, 3.8) is 0 Å². The fraction of sp³-hybridized carbons (Fsp3) is 0.900. The second kappa shape index (κ2) is 5.22. The molecule has 3 N–H and O–H groups in total. The third kappa shape index (κ3) is 4.27. The van der Waals surface area contributed by atoms with Crippen molar-refractivity contribution in [2.45, 2.75) is 45.1 Å². The van der Waals surface area contributed by atoms with E-state index in [1.54, 1.807) is 0 Å². The lowest BCUT2D eigenvalue weighted by Crippen LogP contribution is -2.32. The van der Waals surface area contributed by atoms with Crippen molar-refractivity contribution in [3.05, 3.63) is 0 Å². The van der Waals surface area contributed by atoms with Gasteiger partial charge in [-0.1, -0.05) is 6.42 Å². The number of amides is 1. The van der Waals surface area contributed by atoms with E-state index >= 15 is 0 Å². The fourth-order valence-electron chi connectivity index (χ4n) is 1.40. The molecule has 1 fully saturated rings. The largest absolute Gasteiger partial charge is 0.356 e. The van der Waals surface area contributed by atoms with Crippen molar-refractivity contribution >= 4 is 5.91 Å². The summed E-state index contributed by atoms with van der Waals surface area (Å²) in [5.74, 6) is 0.906. The standard InChI is InChI=1S/C10H20N2O/c1-8(11)5-6-10(13)12-7-9-3-2-4-9/h8-9H,2-7,11H2,1H3,(H,12,13). The van der Waals surface area contributed by atoms with E-state index in [4.69, 9.17) is 5.73 Å². The Balaban J connectivity index is 1.97. The zero-order chi connectivity index (χ0) is 9.68. The normalized spacial score (nSPS) is 19.2. The Morgan fingerprint density at radius 2 is 2.31 bits per heavy atom. The van der Waals surface area contributed by atoms with Gasteiger partial charge in [0.15, 0.2) is 0 Å². The summed E-state index contributed by atoms with van der Waals surface area (Å²) in [7, 11) is 0. The van der Waals surface area contributed by atoms with Gasteiger partial charge >= 0.3 is 0 Å². The molecule has 3 heteroatoms. The highest BCUT2D eigenvalue weighted by atomic mass is 16.1. The highest BCUT2D eigenvalue weighted by Gasteiger charge is 2.17. The minimum Gasteiger partial charge on any atom is -0.356 e. The monoisotopic (exact) mass is 184 g/mol. The Labute approximate surface area is 80.1 Å². The lowest BCUT2D eigenvalue weighted by Gasteiger charge is -2.25. The third-order valence-electron chi connectivity index (χ3n) is 2.64. The first-order chi connectivity index (χ1) is 6.18. The molecule has 1 rings (SSSR count). The van der Waals surface area contributed by atoms with Crippen LogP contribution in [0.25, 0.3) is 0 Å². The molecule has 0 bridgehead atoms. The molecule has 0 heterocycles. The van der Waals surface area contributed by atoms with E-state index in [-0.39, 0.29) is 11.9 Å². The van der Waals surface area contributed by atoms with Gasteiger partial charge < -0.3 is 11.1 Å². The van der Waals surface area contributed by atoms with Gasteiger partial charge in [-0.2, -0.15) is 0 Å². The van der Waals surface area contributed by atoms with E-state index in [0.29, 0.717) is 6.42 Å². The number of nitrogens with one attached hydrogen (secondary N) is 1. The molecule has 1 atom stereocenters. The Kier molecular flexibility index (Phi) is 4.22. The van der Waals surface area contributed by atoms with Crippen LogP contribution in [0.3, 0.4) is 0 Å². The van der Waals surface area contributed by atoms with Crippen LogP contribution in [0.1, 0.15) is 39.0 Å². The van der Waals surface area contributed by atoms with Crippen molar-refractivity contribution in [2.75, 3.05) is 6.54 Å². The van der Waals surface area contributed by atoms with Gasteiger partial charge in [0.25, 0.3) is 0 Å². The minimum absolute atomic E-state index is 0.134. The molecule has 0 aliphatic heterocycles. The smallest absolute Gasteiger partial charge is 0.220 e. The Morgan fingerprint density at radius 1 is 1.62 bits per heavy atom. The zero-order valence-corrected chi connectivity index (χ0v) is 8.38. The molecule has 13 heavy (non-hydrogen) atoms. The molecule has 76 valence electrons. The van der Waals surface area contributed by atoms with Crippen LogP contribution in [0.15, 0.2) is 0 Å². The average molecular weight is 184 g/mol. The molecule has 1 aliphatic carbocycles. The maximum absolute atomic E-state index is 11.2. The fourth-order valence-corrected chi connectivity index (χ4v) is 1.40. The van der Waals surface area contributed by atoms with E-state index < -0.39 is 0 Å². The van der Waals surface area contributed by atoms with E-state index in [1.165, 1.54) is 19.3 Å². The van der Waals surface area contributed by atoms with Gasteiger partial charge in [-0.3, -0.25) is 4.79 Å². The van der Waals surface area contributed by atoms with Crippen LogP contribution in [0.5, 0.6) is 0 Å². The number of hydrogen-bond acceptors (Lipinski definition) is 2. The molecule has 0 aromatic heterocycles. The van der Waals surface area contributed by atoms with Crippen LogP contribution in [-0.2, 0) is 4.79 Å². The van der Waals surface area contributed by atoms with E-state index in [9.17, 15) is 4.79 Å². The van der Waals surface area contributed by atoms with Gasteiger partial charge in [0, 0.05) is 19.0 Å². The van der Waals surface area contributed by atoms with Gasteiger partial charge in [-0.05, 0) is 32.1 Å². The highest BCUT2D eigenvalue weighted by Crippen LogP contribution is 2.25. The average Bonchev–Trinajstić information content (AvgIpc) is 1.98. The number of hydrogen-bond donors (Lipinski definition) is 2. The maximum atomic E-state index is 11.2. The van der Waals surface area contributed by atoms with Crippen LogP contribution in [-0.4, -0.2) is 18.5 Å². The van der Waals surface area contributed by atoms with E-state index in [0.717, 1.165) is 18.9 Å². The first-order valence-corrected chi connectivity index (χ1v) is 5.20. The maximum Gasteiger partial charge on any atom is 0.220 e. The molecule has 1 unspecified atom stereocenters. The first-order valence-electron chi connectivity index (χ1n) is 5.20. The summed E-state index contributed by atoms with van der Waals surface area (Å²) in [6.45, 7) is 2.80. The predicted octanol–water partition coefficient (Wildman–Crippen LogP) is 1.03.